The molecule has 1 aromatic heterocycles. The molecule has 0 bridgehead atoms. The number of hydrogen-bond acceptors (Lipinski definition) is 2. The van der Waals surface area contributed by atoms with E-state index in [1.807, 2.05) is 0 Å². The zero-order valence-corrected chi connectivity index (χ0v) is 14.7. The van der Waals surface area contributed by atoms with Crippen molar-refractivity contribution in [1.29, 1.82) is 0 Å². The van der Waals surface area contributed by atoms with Crippen LogP contribution in [-0.4, -0.2) is 29.0 Å². The zero-order chi connectivity index (χ0) is 15.6. The van der Waals surface area contributed by atoms with E-state index in [1.165, 1.54) is 74.9 Å². The second kappa shape index (κ2) is 6.70. The van der Waals surface area contributed by atoms with Gasteiger partial charge in [-0.05, 0) is 42.2 Å². The molecule has 0 aromatic carbocycles. The number of rotatable bonds is 4. The second-order valence-corrected chi connectivity index (χ2v) is 7.94. The quantitative estimate of drug-likeness (QED) is 0.813. The molecule has 2 heterocycles. The summed E-state index contributed by atoms with van der Waals surface area (Å²) in [6.07, 6.45) is 12.6. The summed E-state index contributed by atoms with van der Waals surface area (Å²) in [5.74, 6) is 0. The smallest absolute Gasteiger partial charge is 0.0448 e. The van der Waals surface area contributed by atoms with Crippen LogP contribution in [0.5, 0.6) is 0 Å². The van der Waals surface area contributed by atoms with Gasteiger partial charge in [0, 0.05) is 37.4 Å². The highest BCUT2D eigenvalue weighted by molar-refractivity contribution is 5.31. The van der Waals surface area contributed by atoms with Crippen LogP contribution < -0.4 is 0 Å². The van der Waals surface area contributed by atoms with Gasteiger partial charge in [0.25, 0.3) is 0 Å². The minimum Gasteiger partial charge on any atom is -0.300 e. The predicted molar refractivity (Wildman–Crippen MR) is 93.4 cm³/mol. The van der Waals surface area contributed by atoms with Gasteiger partial charge in [-0.25, -0.2) is 0 Å². The van der Waals surface area contributed by atoms with E-state index in [1.54, 1.807) is 0 Å². The van der Waals surface area contributed by atoms with Crippen LogP contribution in [0.25, 0.3) is 0 Å². The fourth-order valence-corrected chi connectivity index (χ4v) is 4.38. The van der Waals surface area contributed by atoms with Crippen molar-refractivity contribution in [3.8, 4) is 0 Å². The second-order valence-electron chi connectivity index (χ2n) is 7.94. The first-order valence-corrected chi connectivity index (χ1v) is 9.32. The van der Waals surface area contributed by atoms with Crippen LogP contribution >= 0.6 is 0 Å². The van der Waals surface area contributed by atoms with E-state index in [4.69, 9.17) is 4.98 Å². The van der Waals surface area contributed by atoms with Crippen molar-refractivity contribution in [1.82, 2.24) is 9.88 Å². The highest BCUT2D eigenvalue weighted by atomic mass is 15.2. The first-order chi connectivity index (χ1) is 10.6. The van der Waals surface area contributed by atoms with Crippen LogP contribution in [0.4, 0.5) is 0 Å². The molecule has 2 nitrogen and oxygen atoms in total. The first kappa shape index (κ1) is 16.0. The van der Waals surface area contributed by atoms with Gasteiger partial charge in [-0.1, -0.05) is 46.1 Å². The molecule has 3 rings (SSSR count). The summed E-state index contributed by atoms with van der Waals surface area (Å²) < 4.78 is 0. The minimum atomic E-state index is 0.258. The van der Waals surface area contributed by atoms with Gasteiger partial charge in [-0.15, -0.1) is 0 Å². The largest absolute Gasteiger partial charge is 0.300 e. The topological polar surface area (TPSA) is 16.1 Å². The van der Waals surface area contributed by atoms with Gasteiger partial charge in [-0.3, -0.25) is 9.88 Å². The fraction of sp³-hybridized carbons (Fsp3) is 0.750. The van der Waals surface area contributed by atoms with Crippen LogP contribution in [0.2, 0.25) is 0 Å². The van der Waals surface area contributed by atoms with E-state index in [9.17, 15) is 0 Å². The summed E-state index contributed by atoms with van der Waals surface area (Å²) in [4.78, 5) is 7.60. The van der Waals surface area contributed by atoms with Crippen molar-refractivity contribution >= 4 is 0 Å². The van der Waals surface area contributed by atoms with E-state index in [-0.39, 0.29) is 5.41 Å². The molecule has 0 saturated heterocycles. The molecule has 122 valence electrons. The van der Waals surface area contributed by atoms with Crippen molar-refractivity contribution in [2.45, 2.75) is 83.6 Å². The van der Waals surface area contributed by atoms with Crippen LogP contribution in [0, 0.1) is 0 Å². The van der Waals surface area contributed by atoms with Gasteiger partial charge in [-0.2, -0.15) is 0 Å². The maximum atomic E-state index is 4.86. The van der Waals surface area contributed by atoms with Crippen molar-refractivity contribution in [2.75, 3.05) is 13.1 Å². The first-order valence-electron chi connectivity index (χ1n) is 9.32. The number of nitrogens with zero attached hydrogens (tertiary/aromatic N) is 2. The van der Waals surface area contributed by atoms with E-state index in [0.717, 1.165) is 12.5 Å². The number of aromatic nitrogens is 1. The summed E-state index contributed by atoms with van der Waals surface area (Å²) in [5.41, 5.74) is 4.56. The summed E-state index contributed by atoms with van der Waals surface area (Å²) in [6, 6.07) is 3.32. The van der Waals surface area contributed by atoms with E-state index < -0.39 is 0 Å². The zero-order valence-electron chi connectivity index (χ0n) is 14.7. The molecule has 1 saturated carbocycles. The molecule has 0 N–H and O–H groups in total. The third kappa shape index (κ3) is 3.37. The standard InChI is InChI=1S/C20H32N2/c1-4-11-20(2,3)17-14-16-9-12-22(18-7-5-6-8-18)13-10-19(16)21-15-17/h14-15,18H,4-13H2,1-3H3. The summed E-state index contributed by atoms with van der Waals surface area (Å²) in [7, 11) is 0. The van der Waals surface area contributed by atoms with Crippen molar-refractivity contribution in [3.63, 3.8) is 0 Å². The van der Waals surface area contributed by atoms with Gasteiger partial charge in [0.15, 0.2) is 0 Å². The SMILES string of the molecule is CCCC(C)(C)c1cnc2c(c1)CCN(C1CCCC1)CC2. The van der Waals surface area contributed by atoms with Crippen molar-refractivity contribution in [2.24, 2.45) is 0 Å². The Balaban J connectivity index is 1.75. The maximum Gasteiger partial charge on any atom is 0.0448 e. The predicted octanol–water partition coefficient (Wildman–Crippen LogP) is 4.50. The lowest BCUT2D eigenvalue weighted by molar-refractivity contribution is 0.208. The summed E-state index contributed by atoms with van der Waals surface area (Å²) >= 11 is 0. The Bertz CT molecular complexity index is 500. The van der Waals surface area contributed by atoms with Crippen molar-refractivity contribution < 1.29 is 0 Å². The third-order valence-electron chi connectivity index (χ3n) is 5.86. The molecule has 0 unspecified atom stereocenters. The lowest BCUT2D eigenvalue weighted by Gasteiger charge is -2.26. The Morgan fingerprint density at radius 2 is 1.91 bits per heavy atom. The molecular formula is C20H32N2. The van der Waals surface area contributed by atoms with Gasteiger partial charge >= 0.3 is 0 Å². The van der Waals surface area contributed by atoms with Gasteiger partial charge in [0.1, 0.15) is 0 Å². The normalized spacial score (nSPS) is 20.9. The Morgan fingerprint density at radius 1 is 1.18 bits per heavy atom. The van der Waals surface area contributed by atoms with E-state index in [0.29, 0.717) is 0 Å². The molecule has 1 aliphatic carbocycles. The number of hydrogen-bond donors (Lipinski definition) is 0. The summed E-state index contributed by atoms with van der Waals surface area (Å²) in [5, 5.41) is 0. The Morgan fingerprint density at radius 3 is 2.64 bits per heavy atom. The highest BCUT2D eigenvalue weighted by Gasteiger charge is 2.26. The van der Waals surface area contributed by atoms with E-state index in [2.05, 4.69) is 37.9 Å². The lowest BCUT2D eigenvalue weighted by Crippen LogP contribution is -2.35. The number of pyridine rings is 1. The Labute approximate surface area is 136 Å². The molecule has 1 fully saturated rings. The number of fused-ring (bicyclic) bond motifs is 1. The summed E-state index contributed by atoms with van der Waals surface area (Å²) in [6.45, 7) is 9.44. The molecular weight excluding hydrogens is 268 g/mol. The van der Waals surface area contributed by atoms with Crippen molar-refractivity contribution in [3.05, 3.63) is 29.1 Å². The molecule has 2 aliphatic rings. The van der Waals surface area contributed by atoms with E-state index >= 15 is 0 Å². The minimum absolute atomic E-state index is 0.258. The van der Waals surface area contributed by atoms with Crippen LogP contribution in [0.1, 0.15) is 76.1 Å². The molecule has 2 heteroatoms. The van der Waals surface area contributed by atoms with Crippen LogP contribution in [0.15, 0.2) is 12.3 Å². The molecule has 0 atom stereocenters. The molecule has 0 radical (unpaired) electrons. The Hall–Kier alpha value is -0.890. The molecule has 1 aliphatic heterocycles. The third-order valence-corrected chi connectivity index (χ3v) is 5.86. The van der Waals surface area contributed by atoms with Crippen LogP contribution in [-0.2, 0) is 18.3 Å². The molecule has 0 amide bonds. The van der Waals surface area contributed by atoms with Gasteiger partial charge in [0.2, 0.25) is 0 Å². The Kier molecular flexibility index (Phi) is 4.87. The monoisotopic (exact) mass is 300 g/mol. The average Bonchev–Trinajstić information content (AvgIpc) is 2.94. The molecule has 1 aromatic rings. The lowest BCUT2D eigenvalue weighted by atomic mass is 9.80. The average molecular weight is 300 g/mol. The van der Waals surface area contributed by atoms with Crippen LogP contribution in [0.3, 0.4) is 0 Å². The fourth-order valence-electron chi connectivity index (χ4n) is 4.38. The van der Waals surface area contributed by atoms with Gasteiger partial charge < -0.3 is 0 Å². The molecule has 0 spiro atoms. The maximum absolute atomic E-state index is 4.86. The molecule has 22 heavy (non-hydrogen) atoms. The van der Waals surface area contributed by atoms with Gasteiger partial charge in [0.05, 0.1) is 0 Å². The highest BCUT2D eigenvalue weighted by Crippen LogP contribution is 2.31.